The lowest BCUT2D eigenvalue weighted by Crippen LogP contribution is -2.47. The van der Waals surface area contributed by atoms with Gasteiger partial charge in [-0.25, -0.2) is 4.79 Å². The van der Waals surface area contributed by atoms with Gasteiger partial charge in [0.05, 0.1) is 23.6 Å². The Kier molecular flexibility index (Phi) is 5.25. The van der Waals surface area contributed by atoms with Crippen LogP contribution in [0.25, 0.3) is 11.0 Å². The smallest absolute Gasteiger partial charge is 0.326 e. The van der Waals surface area contributed by atoms with E-state index in [-0.39, 0.29) is 23.7 Å². The van der Waals surface area contributed by atoms with Crippen LogP contribution >= 0.6 is 11.3 Å². The largest absolute Gasteiger partial charge is 0.334 e. The number of rotatable bonds is 4. The number of nitrogens with one attached hydrogen (secondary N) is 1. The Bertz CT molecular complexity index is 1110. The summed E-state index contributed by atoms with van der Waals surface area (Å²) in [5, 5.41) is 2.15. The van der Waals surface area contributed by atoms with Gasteiger partial charge in [-0.15, -0.1) is 11.3 Å². The summed E-state index contributed by atoms with van der Waals surface area (Å²) in [6.07, 6.45) is 3.71. The molecule has 2 aromatic heterocycles. The van der Waals surface area contributed by atoms with E-state index in [9.17, 15) is 9.59 Å². The molecule has 0 saturated carbocycles. The molecule has 3 aromatic rings. The minimum atomic E-state index is -0.0311. The van der Waals surface area contributed by atoms with E-state index in [1.807, 2.05) is 40.2 Å². The van der Waals surface area contributed by atoms with Crippen molar-refractivity contribution in [2.45, 2.75) is 44.7 Å². The van der Waals surface area contributed by atoms with Crippen molar-refractivity contribution in [3.63, 3.8) is 0 Å². The van der Waals surface area contributed by atoms with Gasteiger partial charge in [0.2, 0.25) is 5.91 Å². The number of fused-ring (bicyclic) bond motifs is 2. The lowest BCUT2D eigenvalue weighted by Gasteiger charge is -2.38. The number of piperidine rings is 1. The predicted octanol–water partition coefficient (Wildman–Crippen LogP) is 3.56. The highest BCUT2D eigenvalue weighted by Gasteiger charge is 2.32. The SMILES string of the molecule is CCC1c2ccsc2CCN1C(=O)CN1CCC(n2c(=O)[nH]c3ccccc32)CC1. The zero-order valence-electron chi connectivity index (χ0n) is 17.3. The van der Waals surface area contributed by atoms with E-state index in [4.69, 9.17) is 0 Å². The van der Waals surface area contributed by atoms with Gasteiger partial charge in [-0.3, -0.25) is 14.3 Å². The Morgan fingerprint density at radius 2 is 1.97 bits per heavy atom. The Labute approximate surface area is 180 Å². The van der Waals surface area contributed by atoms with Gasteiger partial charge in [0.1, 0.15) is 0 Å². The second-order valence-corrected chi connectivity index (χ2v) is 9.39. The van der Waals surface area contributed by atoms with Gasteiger partial charge >= 0.3 is 5.69 Å². The van der Waals surface area contributed by atoms with Crippen molar-refractivity contribution in [2.75, 3.05) is 26.2 Å². The van der Waals surface area contributed by atoms with Crippen LogP contribution in [0.3, 0.4) is 0 Å². The number of nitrogens with zero attached hydrogens (tertiary/aromatic N) is 3. The van der Waals surface area contributed by atoms with Crippen LogP contribution in [0.15, 0.2) is 40.5 Å². The number of carbonyl (C=O) groups is 1. The molecule has 1 amide bonds. The van der Waals surface area contributed by atoms with Crippen molar-refractivity contribution < 1.29 is 4.79 Å². The van der Waals surface area contributed by atoms with Gasteiger partial charge in [0, 0.05) is 30.6 Å². The van der Waals surface area contributed by atoms with Crippen LogP contribution < -0.4 is 5.69 Å². The van der Waals surface area contributed by atoms with Crippen molar-refractivity contribution in [2.24, 2.45) is 0 Å². The highest BCUT2D eigenvalue weighted by Crippen LogP contribution is 2.35. The quantitative estimate of drug-likeness (QED) is 0.697. The number of thiophene rings is 1. The standard InChI is InChI=1S/C23H28N4O2S/c1-2-19-17-10-14-30-21(17)9-13-26(19)22(28)15-25-11-7-16(8-12-25)27-20-6-4-3-5-18(20)24-23(27)29/h3-6,10,14,16,19H,2,7-9,11-13,15H2,1H3,(H,24,29). The average molecular weight is 425 g/mol. The Morgan fingerprint density at radius 3 is 2.77 bits per heavy atom. The summed E-state index contributed by atoms with van der Waals surface area (Å²) >= 11 is 1.82. The molecule has 1 saturated heterocycles. The van der Waals surface area contributed by atoms with Gasteiger partial charge in [-0.05, 0) is 54.8 Å². The van der Waals surface area contributed by atoms with E-state index in [1.54, 1.807) is 0 Å². The molecule has 2 aliphatic heterocycles. The molecule has 1 atom stereocenters. The molecule has 6 nitrogen and oxygen atoms in total. The first-order chi connectivity index (χ1) is 14.7. The summed E-state index contributed by atoms with van der Waals surface area (Å²) in [7, 11) is 0. The first kappa shape index (κ1) is 19.6. The van der Waals surface area contributed by atoms with Crippen molar-refractivity contribution in [1.29, 1.82) is 0 Å². The van der Waals surface area contributed by atoms with Gasteiger partial charge in [-0.2, -0.15) is 0 Å². The fourth-order valence-corrected chi connectivity index (χ4v) is 6.12. The predicted molar refractivity (Wildman–Crippen MR) is 120 cm³/mol. The first-order valence-corrected chi connectivity index (χ1v) is 11.8. The zero-order chi connectivity index (χ0) is 20.7. The molecule has 0 radical (unpaired) electrons. The number of H-pyrrole nitrogens is 1. The Hall–Kier alpha value is -2.38. The second kappa shape index (κ2) is 8.04. The molecule has 2 aliphatic rings. The van der Waals surface area contributed by atoms with Crippen molar-refractivity contribution >= 4 is 28.3 Å². The minimum Gasteiger partial charge on any atom is -0.334 e. The molecule has 1 aromatic carbocycles. The Morgan fingerprint density at radius 1 is 1.17 bits per heavy atom. The third kappa shape index (κ3) is 3.40. The summed E-state index contributed by atoms with van der Waals surface area (Å²) < 4.78 is 1.91. The summed E-state index contributed by atoms with van der Waals surface area (Å²) in [6.45, 7) is 5.16. The van der Waals surface area contributed by atoms with E-state index in [0.29, 0.717) is 6.54 Å². The van der Waals surface area contributed by atoms with Crippen LogP contribution in [0.4, 0.5) is 0 Å². The highest BCUT2D eigenvalue weighted by molar-refractivity contribution is 7.10. The molecule has 5 rings (SSSR count). The number of benzene rings is 1. The lowest BCUT2D eigenvalue weighted by molar-refractivity contribution is -0.135. The summed E-state index contributed by atoms with van der Waals surface area (Å²) in [5.41, 5.74) is 3.18. The number of para-hydroxylation sites is 2. The zero-order valence-corrected chi connectivity index (χ0v) is 18.2. The topological polar surface area (TPSA) is 61.3 Å². The molecule has 7 heteroatoms. The number of imidazole rings is 1. The number of carbonyl (C=O) groups excluding carboxylic acids is 1. The molecule has 1 unspecified atom stereocenters. The lowest BCUT2D eigenvalue weighted by atomic mass is 9.97. The number of hydrogen-bond donors (Lipinski definition) is 1. The molecule has 0 aliphatic carbocycles. The van der Waals surface area contributed by atoms with Crippen LogP contribution in [0, 0.1) is 0 Å². The first-order valence-electron chi connectivity index (χ1n) is 10.9. The van der Waals surface area contributed by atoms with Crippen LogP contribution in [0.5, 0.6) is 0 Å². The van der Waals surface area contributed by atoms with Crippen molar-refractivity contribution in [3.8, 4) is 0 Å². The van der Waals surface area contributed by atoms with E-state index in [2.05, 4.69) is 33.2 Å². The fraction of sp³-hybridized carbons (Fsp3) is 0.478. The van der Waals surface area contributed by atoms with Crippen LogP contribution in [0.2, 0.25) is 0 Å². The van der Waals surface area contributed by atoms with Gasteiger partial charge in [-0.1, -0.05) is 19.1 Å². The second-order valence-electron chi connectivity index (χ2n) is 8.38. The summed E-state index contributed by atoms with van der Waals surface area (Å²) in [5.74, 6) is 0.237. The van der Waals surface area contributed by atoms with Crippen molar-refractivity contribution in [1.82, 2.24) is 19.4 Å². The third-order valence-electron chi connectivity index (χ3n) is 6.71. The summed E-state index contributed by atoms with van der Waals surface area (Å²) in [4.78, 5) is 34.4. The van der Waals surface area contributed by atoms with E-state index in [0.717, 1.165) is 56.4 Å². The maximum absolute atomic E-state index is 13.1. The summed E-state index contributed by atoms with van der Waals surface area (Å²) in [6, 6.07) is 10.5. The number of hydrogen-bond acceptors (Lipinski definition) is 4. The van der Waals surface area contributed by atoms with E-state index >= 15 is 0 Å². The number of likely N-dealkylation sites (tertiary alicyclic amines) is 1. The monoisotopic (exact) mass is 424 g/mol. The van der Waals surface area contributed by atoms with Crippen molar-refractivity contribution in [3.05, 3.63) is 56.6 Å². The molecule has 1 fully saturated rings. The van der Waals surface area contributed by atoms with Crippen LogP contribution in [-0.4, -0.2) is 51.4 Å². The number of aromatic amines is 1. The molecule has 0 spiro atoms. The highest BCUT2D eigenvalue weighted by atomic mass is 32.1. The molecule has 158 valence electrons. The van der Waals surface area contributed by atoms with Gasteiger partial charge in [0.15, 0.2) is 0 Å². The fourth-order valence-electron chi connectivity index (χ4n) is 5.19. The molecular formula is C23H28N4O2S. The van der Waals surface area contributed by atoms with Gasteiger partial charge in [0.25, 0.3) is 0 Å². The number of amides is 1. The minimum absolute atomic E-state index is 0.0311. The Balaban J connectivity index is 1.24. The van der Waals surface area contributed by atoms with Gasteiger partial charge < -0.3 is 9.88 Å². The molecule has 1 N–H and O–H groups in total. The third-order valence-corrected chi connectivity index (χ3v) is 7.70. The van der Waals surface area contributed by atoms with E-state index < -0.39 is 0 Å². The van der Waals surface area contributed by atoms with Crippen LogP contribution in [-0.2, 0) is 11.2 Å². The maximum Gasteiger partial charge on any atom is 0.326 e. The maximum atomic E-state index is 13.1. The molecule has 4 heterocycles. The molecule has 0 bridgehead atoms. The number of aromatic nitrogens is 2. The van der Waals surface area contributed by atoms with E-state index in [1.165, 1.54) is 10.4 Å². The van der Waals surface area contributed by atoms with Crippen LogP contribution in [0.1, 0.15) is 48.7 Å². The molecule has 30 heavy (non-hydrogen) atoms. The normalized spacial score (nSPS) is 20.6. The molecular weight excluding hydrogens is 396 g/mol. The average Bonchev–Trinajstić information content (AvgIpc) is 3.37.